The zero-order valence-corrected chi connectivity index (χ0v) is 41.7. The number of rotatable bonds is 13. The van der Waals surface area contributed by atoms with Crippen LogP contribution < -0.4 is 32.3 Å². The van der Waals surface area contributed by atoms with Crippen molar-refractivity contribution in [1.29, 1.82) is 0 Å². The van der Waals surface area contributed by atoms with E-state index in [2.05, 4.69) is 72.5 Å². The van der Waals surface area contributed by atoms with E-state index in [0.717, 1.165) is 47.9 Å². The number of alkyl carbamates (subject to hydrolysis) is 1. The number of hydrogen-bond acceptors (Lipinski definition) is 9. The molecule has 0 saturated carbocycles. The number of urea groups is 2. The monoisotopic (exact) mass is 958 g/mol. The van der Waals surface area contributed by atoms with Crippen LogP contribution in [0.1, 0.15) is 120 Å². The molecule has 0 bridgehead atoms. The van der Waals surface area contributed by atoms with Gasteiger partial charge >= 0.3 is 30.1 Å². The summed E-state index contributed by atoms with van der Waals surface area (Å²) in [6, 6.07) is 31.9. The maximum atomic E-state index is 12.8. The van der Waals surface area contributed by atoms with E-state index in [1.54, 1.807) is 20.8 Å². The van der Waals surface area contributed by atoms with E-state index in [1.807, 2.05) is 91.0 Å². The second-order valence-corrected chi connectivity index (χ2v) is 18.8. The van der Waals surface area contributed by atoms with Crippen LogP contribution in [0.4, 0.5) is 14.4 Å². The predicted octanol–water partition coefficient (Wildman–Crippen LogP) is 8.13. The van der Waals surface area contributed by atoms with Gasteiger partial charge in [-0.25, -0.2) is 19.2 Å². The Hall–Kier alpha value is -5.71. The summed E-state index contributed by atoms with van der Waals surface area (Å²) in [6.07, 6.45) is 2.82. The lowest BCUT2D eigenvalue weighted by Crippen LogP contribution is -2.52. The van der Waals surface area contributed by atoms with Gasteiger partial charge in [0, 0.05) is 6.54 Å². The Labute approximate surface area is 409 Å². The number of carbonyl (C=O) groups excluding carboxylic acids is 5. The van der Waals surface area contributed by atoms with E-state index in [0.29, 0.717) is 0 Å². The molecule has 67 heavy (non-hydrogen) atoms. The van der Waals surface area contributed by atoms with Crippen LogP contribution in [-0.2, 0) is 47.8 Å². The normalized spacial score (nSPS) is 17.1. The van der Waals surface area contributed by atoms with Crippen LogP contribution in [0.15, 0.2) is 109 Å². The van der Waals surface area contributed by atoms with Crippen molar-refractivity contribution in [3.05, 3.63) is 143 Å². The van der Waals surface area contributed by atoms with Gasteiger partial charge in [-0.15, -0.1) is 0 Å². The van der Waals surface area contributed by atoms with Crippen molar-refractivity contribution in [2.45, 2.75) is 128 Å². The predicted molar refractivity (Wildman–Crippen MR) is 270 cm³/mol. The Bertz CT molecular complexity index is 2240. The summed E-state index contributed by atoms with van der Waals surface area (Å²) < 4.78 is 15.9. The third-order valence-electron chi connectivity index (χ3n) is 11.5. The van der Waals surface area contributed by atoms with Gasteiger partial charge in [0.25, 0.3) is 0 Å². The standard InChI is InChI=1S/C28H37N3O5.C23H29N3O3.2H2S/c1-27(2,3)36-26(34)31-23(24(32)35-18-19-11-7-6-8-12-19)17-29-25(33)30-22-15-16-28(4,5)21-14-10-9-13-20(21)22;1-23(2)13-12-20(17-10-6-7-11-18(17)23)26-22(28)25-14-19(24)21(27)29-15-16-8-4-3-5-9-16;;/h6-14,22-23H,15-18H2,1-5H3,(H,31,34)(H2,29,30,33);3-11,19-20H,12-15,24H2,1-2H3,(H2,25,26,28);2*1H2/t22?,23-;19-,20?;;/m00../s1. The molecule has 0 spiro atoms. The van der Waals surface area contributed by atoms with Crippen LogP contribution in [0.3, 0.4) is 0 Å². The van der Waals surface area contributed by atoms with Crippen LogP contribution in [-0.4, -0.2) is 60.9 Å². The highest BCUT2D eigenvalue weighted by atomic mass is 32.1. The molecule has 0 heterocycles. The highest BCUT2D eigenvalue weighted by Crippen LogP contribution is 2.42. The van der Waals surface area contributed by atoms with E-state index >= 15 is 0 Å². The number of fused-ring (bicyclic) bond motifs is 2. The molecule has 4 atom stereocenters. The number of nitrogens with one attached hydrogen (secondary N) is 5. The zero-order chi connectivity index (χ0) is 47.2. The number of amides is 5. The fourth-order valence-electron chi connectivity index (χ4n) is 7.93. The maximum Gasteiger partial charge on any atom is 0.408 e. The van der Waals surface area contributed by atoms with Crippen molar-refractivity contribution in [2.75, 3.05) is 13.1 Å². The number of hydrogen-bond donors (Lipinski definition) is 6. The molecule has 0 fully saturated rings. The average molecular weight is 959 g/mol. The number of nitrogens with two attached hydrogens (primary N) is 1. The molecule has 7 N–H and O–H groups in total. The summed E-state index contributed by atoms with van der Waals surface area (Å²) in [5.74, 6) is -1.21. The summed E-state index contributed by atoms with van der Waals surface area (Å²) in [5.41, 5.74) is 11.7. The maximum absolute atomic E-state index is 12.8. The molecule has 4 aromatic carbocycles. The van der Waals surface area contributed by atoms with Gasteiger partial charge in [0.15, 0.2) is 0 Å². The smallest absolute Gasteiger partial charge is 0.408 e. The van der Waals surface area contributed by atoms with Crippen molar-refractivity contribution >= 4 is 57.1 Å². The number of benzene rings is 4. The molecule has 16 heteroatoms. The first kappa shape index (κ1) is 55.6. The molecule has 4 aromatic rings. The van der Waals surface area contributed by atoms with Crippen molar-refractivity contribution in [3.63, 3.8) is 0 Å². The molecule has 0 radical (unpaired) electrons. The molecule has 5 amide bonds. The summed E-state index contributed by atoms with van der Waals surface area (Å²) in [5, 5.41) is 13.9. The second kappa shape index (κ2) is 25.4. The SMILES string of the molecule is CC(C)(C)OC(=O)N[C@@H](CNC(=O)NC1CCC(C)(C)c2ccccc21)C(=O)OCc1ccccc1.CC1(C)CCC(NC(=O)NC[C@H](N)C(=O)OCc2ccccc2)c2ccccc21.S.S. The third-order valence-corrected chi connectivity index (χ3v) is 11.5. The van der Waals surface area contributed by atoms with Crippen molar-refractivity contribution in [3.8, 4) is 0 Å². The van der Waals surface area contributed by atoms with E-state index in [1.165, 1.54) is 11.1 Å². The van der Waals surface area contributed by atoms with Crippen LogP contribution in [0.5, 0.6) is 0 Å². The van der Waals surface area contributed by atoms with E-state index < -0.39 is 41.7 Å². The van der Waals surface area contributed by atoms with Crippen LogP contribution in [0.2, 0.25) is 0 Å². The minimum atomic E-state index is -1.12. The molecule has 2 unspecified atom stereocenters. The molecule has 2 aliphatic rings. The molecule has 0 saturated heterocycles. The molecule has 14 nitrogen and oxygen atoms in total. The van der Waals surface area contributed by atoms with E-state index in [9.17, 15) is 24.0 Å². The van der Waals surface area contributed by atoms with Gasteiger partial charge in [0.05, 0.1) is 18.6 Å². The third kappa shape index (κ3) is 17.2. The number of carbonyl (C=O) groups is 5. The minimum absolute atomic E-state index is 0. The largest absolute Gasteiger partial charge is 0.460 e. The Kier molecular flexibility index (Phi) is 21.1. The Balaban J connectivity index is 0.000000352. The summed E-state index contributed by atoms with van der Waals surface area (Å²) in [4.78, 5) is 62.3. The van der Waals surface area contributed by atoms with Gasteiger partial charge < -0.3 is 46.5 Å². The minimum Gasteiger partial charge on any atom is -0.460 e. The van der Waals surface area contributed by atoms with Gasteiger partial charge in [-0.1, -0.05) is 137 Å². The molecular formula is C51H70N6O8S2. The Morgan fingerprint density at radius 1 is 0.612 bits per heavy atom. The lowest BCUT2D eigenvalue weighted by atomic mass is 9.71. The fourth-order valence-corrected chi connectivity index (χ4v) is 7.93. The fraction of sp³-hybridized carbons (Fsp3) is 0.431. The van der Waals surface area contributed by atoms with Crippen LogP contribution in [0, 0.1) is 0 Å². The quantitative estimate of drug-likeness (QED) is 0.0566. The first-order valence-electron chi connectivity index (χ1n) is 22.2. The molecule has 0 aliphatic heterocycles. The highest BCUT2D eigenvalue weighted by Gasteiger charge is 2.35. The molecule has 6 rings (SSSR count). The number of esters is 2. The molecule has 0 aromatic heterocycles. The van der Waals surface area contributed by atoms with Gasteiger partial charge in [-0.2, -0.15) is 27.0 Å². The van der Waals surface area contributed by atoms with Crippen molar-refractivity contribution in [2.24, 2.45) is 5.73 Å². The lowest BCUT2D eigenvalue weighted by Gasteiger charge is -2.37. The average Bonchev–Trinajstić information content (AvgIpc) is 3.27. The highest BCUT2D eigenvalue weighted by molar-refractivity contribution is 7.59. The second-order valence-electron chi connectivity index (χ2n) is 18.8. The topological polar surface area (TPSA) is 199 Å². The van der Waals surface area contributed by atoms with Crippen molar-refractivity contribution in [1.82, 2.24) is 26.6 Å². The van der Waals surface area contributed by atoms with Crippen molar-refractivity contribution < 1.29 is 38.2 Å². The van der Waals surface area contributed by atoms with E-state index in [-0.39, 0.29) is 82.2 Å². The Morgan fingerprint density at radius 3 is 1.46 bits per heavy atom. The molecule has 364 valence electrons. The first-order valence-corrected chi connectivity index (χ1v) is 22.2. The van der Waals surface area contributed by atoms with Gasteiger partial charge in [0.2, 0.25) is 0 Å². The van der Waals surface area contributed by atoms with Gasteiger partial charge in [0.1, 0.15) is 30.9 Å². The zero-order valence-electron chi connectivity index (χ0n) is 39.7. The number of ether oxygens (including phenoxy) is 3. The van der Waals surface area contributed by atoms with Gasteiger partial charge in [-0.05, 0) is 90.7 Å². The molecular weight excluding hydrogens is 889 g/mol. The molecule has 2 aliphatic carbocycles. The summed E-state index contributed by atoms with van der Waals surface area (Å²) in [7, 11) is 0. The van der Waals surface area contributed by atoms with Crippen LogP contribution in [0.25, 0.3) is 0 Å². The van der Waals surface area contributed by atoms with Crippen LogP contribution >= 0.6 is 27.0 Å². The first-order chi connectivity index (χ1) is 30.8. The Morgan fingerprint density at radius 2 is 1.01 bits per heavy atom. The van der Waals surface area contributed by atoms with E-state index in [4.69, 9.17) is 19.9 Å². The summed E-state index contributed by atoms with van der Waals surface area (Å²) in [6.45, 7) is 14.1. The lowest BCUT2D eigenvalue weighted by molar-refractivity contribution is -0.147. The summed E-state index contributed by atoms with van der Waals surface area (Å²) >= 11 is 0. The van der Waals surface area contributed by atoms with Gasteiger partial charge in [-0.3, -0.25) is 4.79 Å².